The first-order valence-corrected chi connectivity index (χ1v) is 8.35. The molecule has 122 valence electrons. The standard InChI is InChI=1S/C17H14FN3O2S/c1-21(12-2-3-14-15(8-12)23-6-5-22-14)17-13(18)9-19-16(20-17)11-4-7-24-10-11/h2-4,7-10H,5-6H2,1H3. The van der Waals surface area contributed by atoms with Gasteiger partial charge in [-0.05, 0) is 23.6 Å². The Kier molecular flexibility index (Phi) is 3.78. The van der Waals surface area contributed by atoms with Crippen LogP contribution in [-0.2, 0) is 0 Å². The third-order valence-electron chi connectivity index (χ3n) is 3.74. The molecule has 0 saturated carbocycles. The fourth-order valence-corrected chi connectivity index (χ4v) is 3.12. The molecule has 0 fully saturated rings. The summed E-state index contributed by atoms with van der Waals surface area (Å²) < 4.78 is 25.4. The molecule has 0 unspecified atom stereocenters. The number of hydrogen-bond donors (Lipinski definition) is 0. The highest BCUT2D eigenvalue weighted by Crippen LogP contribution is 2.36. The molecule has 2 aromatic heterocycles. The van der Waals surface area contributed by atoms with Crippen LogP contribution in [0.2, 0.25) is 0 Å². The number of halogens is 1. The molecule has 4 rings (SSSR count). The average Bonchev–Trinajstić information content (AvgIpc) is 3.16. The van der Waals surface area contributed by atoms with E-state index in [-0.39, 0.29) is 5.82 Å². The molecule has 1 aromatic carbocycles. The zero-order valence-electron chi connectivity index (χ0n) is 12.9. The van der Waals surface area contributed by atoms with Crippen LogP contribution in [0.1, 0.15) is 0 Å². The van der Waals surface area contributed by atoms with Gasteiger partial charge in [0.2, 0.25) is 0 Å². The van der Waals surface area contributed by atoms with Crippen molar-refractivity contribution >= 4 is 22.8 Å². The summed E-state index contributed by atoms with van der Waals surface area (Å²) in [5.74, 6) is 1.57. The Morgan fingerprint density at radius 2 is 2.00 bits per heavy atom. The maximum atomic E-state index is 14.3. The smallest absolute Gasteiger partial charge is 0.184 e. The van der Waals surface area contributed by atoms with Gasteiger partial charge in [0.1, 0.15) is 13.2 Å². The van der Waals surface area contributed by atoms with Crippen LogP contribution in [0, 0.1) is 5.82 Å². The SMILES string of the molecule is CN(c1ccc2c(c1)OCCO2)c1nc(-c2ccsc2)ncc1F. The summed E-state index contributed by atoms with van der Waals surface area (Å²) in [5.41, 5.74) is 1.63. The Balaban J connectivity index is 1.71. The molecular weight excluding hydrogens is 329 g/mol. The second kappa shape index (κ2) is 6.09. The molecule has 3 aromatic rings. The first kappa shape index (κ1) is 14.9. The average molecular weight is 343 g/mol. The van der Waals surface area contributed by atoms with E-state index in [0.717, 1.165) is 11.3 Å². The van der Waals surface area contributed by atoms with E-state index >= 15 is 0 Å². The number of hydrogen-bond acceptors (Lipinski definition) is 6. The molecule has 0 amide bonds. The number of nitrogens with zero attached hydrogens (tertiary/aromatic N) is 3. The molecular formula is C17H14FN3O2S. The van der Waals surface area contributed by atoms with Crippen LogP contribution in [0.4, 0.5) is 15.9 Å². The molecule has 24 heavy (non-hydrogen) atoms. The maximum Gasteiger partial charge on any atom is 0.184 e. The van der Waals surface area contributed by atoms with Gasteiger partial charge < -0.3 is 14.4 Å². The number of benzene rings is 1. The molecule has 0 aliphatic carbocycles. The van der Waals surface area contributed by atoms with Gasteiger partial charge in [0.15, 0.2) is 29.0 Å². The normalized spacial score (nSPS) is 12.9. The monoisotopic (exact) mass is 343 g/mol. The number of ether oxygens (including phenoxy) is 2. The maximum absolute atomic E-state index is 14.3. The number of thiophene rings is 1. The molecule has 0 atom stereocenters. The van der Waals surface area contributed by atoms with Crippen molar-refractivity contribution in [1.29, 1.82) is 0 Å². The third-order valence-corrected chi connectivity index (χ3v) is 4.42. The highest BCUT2D eigenvalue weighted by Gasteiger charge is 2.18. The largest absolute Gasteiger partial charge is 0.486 e. The molecule has 1 aliphatic heterocycles. The second-order valence-corrected chi connectivity index (χ2v) is 6.04. The van der Waals surface area contributed by atoms with Gasteiger partial charge in [-0.3, -0.25) is 0 Å². The van der Waals surface area contributed by atoms with Gasteiger partial charge in [0.05, 0.1) is 6.20 Å². The molecule has 0 bridgehead atoms. The van der Waals surface area contributed by atoms with Gasteiger partial charge in [0, 0.05) is 29.7 Å². The van der Waals surface area contributed by atoms with Crippen LogP contribution in [0.15, 0.2) is 41.2 Å². The van der Waals surface area contributed by atoms with Crippen molar-refractivity contribution in [1.82, 2.24) is 9.97 Å². The Bertz CT molecular complexity index is 870. The van der Waals surface area contributed by atoms with Gasteiger partial charge in [0.25, 0.3) is 0 Å². The highest BCUT2D eigenvalue weighted by atomic mass is 32.1. The summed E-state index contributed by atoms with van der Waals surface area (Å²) in [4.78, 5) is 10.1. The molecule has 5 nitrogen and oxygen atoms in total. The van der Waals surface area contributed by atoms with E-state index in [2.05, 4.69) is 9.97 Å². The van der Waals surface area contributed by atoms with Crippen molar-refractivity contribution in [2.75, 3.05) is 25.2 Å². The van der Waals surface area contributed by atoms with E-state index in [9.17, 15) is 4.39 Å². The van der Waals surface area contributed by atoms with Gasteiger partial charge in [-0.2, -0.15) is 11.3 Å². The fourth-order valence-electron chi connectivity index (χ4n) is 2.49. The lowest BCUT2D eigenvalue weighted by atomic mass is 10.2. The number of rotatable bonds is 3. The van der Waals surface area contributed by atoms with Crippen molar-refractivity contribution in [3.63, 3.8) is 0 Å². The van der Waals surface area contributed by atoms with E-state index < -0.39 is 5.82 Å². The third kappa shape index (κ3) is 2.67. The Labute approximate surface area is 142 Å². The molecule has 3 heterocycles. The Hall–Kier alpha value is -2.67. The van der Waals surface area contributed by atoms with Crippen molar-refractivity contribution < 1.29 is 13.9 Å². The van der Waals surface area contributed by atoms with Crippen molar-refractivity contribution in [3.05, 3.63) is 47.0 Å². The van der Waals surface area contributed by atoms with Crippen LogP contribution in [0.25, 0.3) is 11.4 Å². The Morgan fingerprint density at radius 1 is 1.17 bits per heavy atom. The summed E-state index contributed by atoms with van der Waals surface area (Å²) in [6.07, 6.45) is 1.20. The van der Waals surface area contributed by atoms with E-state index in [0.29, 0.717) is 30.5 Å². The molecule has 1 aliphatic rings. The summed E-state index contributed by atoms with van der Waals surface area (Å²) in [7, 11) is 1.76. The van der Waals surface area contributed by atoms with Gasteiger partial charge in [-0.25, -0.2) is 14.4 Å². The molecule has 0 radical (unpaired) electrons. The van der Waals surface area contributed by atoms with Crippen LogP contribution in [-0.4, -0.2) is 30.2 Å². The minimum atomic E-state index is -0.480. The second-order valence-electron chi connectivity index (χ2n) is 5.26. The predicted molar refractivity (Wildman–Crippen MR) is 90.8 cm³/mol. The van der Waals surface area contributed by atoms with E-state index in [1.165, 1.54) is 6.20 Å². The zero-order chi connectivity index (χ0) is 16.5. The van der Waals surface area contributed by atoms with Crippen LogP contribution in [0.5, 0.6) is 11.5 Å². The summed E-state index contributed by atoms with van der Waals surface area (Å²) in [5, 5.41) is 3.87. The van der Waals surface area contributed by atoms with Crippen LogP contribution in [0.3, 0.4) is 0 Å². The number of fused-ring (bicyclic) bond motifs is 1. The van der Waals surface area contributed by atoms with E-state index in [1.54, 1.807) is 23.3 Å². The predicted octanol–water partition coefficient (Wildman–Crippen LogP) is 3.88. The van der Waals surface area contributed by atoms with Gasteiger partial charge in [-0.15, -0.1) is 0 Å². The van der Waals surface area contributed by atoms with E-state index in [4.69, 9.17) is 9.47 Å². The van der Waals surface area contributed by atoms with Gasteiger partial charge >= 0.3 is 0 Å². The van der Waals surface area contributed by atoms with Crippen LogP contribution < -0.4 is 14.4 Å². The molecule has 0 saturated heterocycles. The molecule has 0 spiro atoms. The zero-order valence-corrected chi connectivity index (χ0v) is 13.7. The lowest BCUT2D eigenvalue weighted by Crippen LogP contribution is -2.17. The quantitative estimate of drug-likeness (QED) is 0.722. The summed E-state index contributed by atoms with van der Waals surface area (Å²) in [6, 6.07) is 7.39. The highest BCUT2D eigenvalue weighted by molar-refractivity contribution is 7.08. The summed E-state index contributed by atoms with van der Waals surface area (Å²) in [6.45, 7) is 1.04. The lowest BCUT2D eigenvalue weighted by molar-refractivity contribution is 0.171. The van der Waals surface area contributed by atoms with Crippen molar-refractivity contribution in [2.24, 2.45) is 0 Å². The lowest BCUT2D eigenvalue weighted by Gasteiger charge is -2.23. The summed E-state index contributed by atoms with van der Waals surface area (Å²) >= 11 is 1.55. The van der Waals surface area contributed by atoms with Crippen molar-refractivity contribution in [3.8, 4) is 22.9 Å². The first-order valence-electron chi connectivity index (χ1n) is 7.41. The van der Waals surface area contributed by atoms with Crippen LogP contribution >= 0.6 is 11.3 Å². The minimum absolute atomic E-state index is 0.211. The van der Waals surface area contributed by atoms with Crippen molar-refractivity contribution in [2.45, 2.75) is 0 Å². The fraction of sp³-hybridized carbons (Fsp3) is 0.176. The van der Waals surface area contributed by atoms with Gasteiger partial charge in [-0.1, -0.05) is 0 Å². The van der Waals surface area contributed by atoms with E-state index in [1.807, 2.05) is 35.0 Å². The number of anilines is 2. The molecule has 0 N–H and O–H groups in total. The number of aromatic nitrogens is 2. The Morgan fingerprint density at radius 3 is 2.79 bits per heavy atom. The molecule has 7 heteroatoms. The minimum Gasteiger partial charge on any atom is -0.486 e. The first-order chi connectivity index (χ1) is 11.7. The topological polar surface area (TPSA) is 47.5 Å².